The van der Waals surface area contributed by atoms with E-state index in [-0.39, 0.29) is 98.6 Å². The molecule has 20 nitrogen and oxygen atoms in total. The number of hydrogen-bond donors (Lipinski definition) is 12. The molecule has 19 N–H and O–H groups in total. The van der Waals surface area contributed by atoms with Crippen LogP contribution in [0.4, 0.5) is 39.8 Å². The van der Waals surface area contributed by atoms with Crippen molar-refractivity contribution in [3.05, 3.63) is 258 Å². The molecule has 0 fully saturated rings. The largest absolute Gasteiger partial charge is 0.485 e. The summed E-state index contributed by atoms with van der Waals surface area (Å²) in [5.41, 5.74) is 59.3. The summed E-state index contributed by atoms with van der Waals surface area (Å²) in [6, 6.07) is 41.7. The molecule has 0 aromatic heterocycles. The first kappa shape index (κ1) is 90.9. The molecule has 0 bridgehead atoms. The molecule has 7 aliphatic rings. The van der Waals surface area contributed by atoms with Gasteiger partial charge in [-0.3, -0.25) is 0 Å². The van der Waals surface area contributed by atoms with E-state index in [1.54, 1.807) is 0 Å². The Bertz CT molecular complexity index is 3920. The molecule has 101 heavy (non-hydrogen) atoms. The Morgan fingerprint density at radius 1 is 0.416 bits per heavy atom. The Balaban J connectivity index is 0.000000583. The van der Waals surface area contributed by atoms with E-state index < -0.39 is 0 Å². The SMILES string of the molecule is C=C1CCc2ccc(CN)cc2N1.C=C1COc2ccc(CN)cc2N1.C=C1COc2ccc(CN)cc2N1C.C=C1Nc2cc(CN)ccc2O1.C=C1Nc2cc(CN)ccc2OC1(C)C.C=C1Nc2cc(CN)ccc2OC1C.C=C1Oc2ccc(CN)cc2N1C.Cl.Cl.Cl.Cl.Cl.Cl.Cl. The highest BCUT2D eigenvalue weighted by Gasteiger charge is 2.30. The summed E-state index contributed by atoms with van der Waals surface area (Å²) in [5, 5.41) is 15.9. The van der Waals surface area contributed by atoms with Crippen LogP contribution in [0.3, 0.4) is 0 Å². The first-order valence-electron chi connectivity index (χ1n) is 30.9. The molecular formula is C74H99Cl7N14O6. The molecule has 0 radical (unpaired) electrons. The fourth-order valence-electron chi connectivity index (χ4n) is 9.99. The minimum Gasteiger partial charge on any atom is -0.485 e. The fourth-order valence-corrected chi connectivity index (χ4v) is 9.99. The Labute approximate surface area is 638 Å². The molecule has 27 heteroatoms. The van der Waals surface area contributed by atoms with Crippen LogP contribution in [-0.4, -0.2) is 39.0 Å². The molecule has 0 spiro atoms. The lowest BCUT2D eigenvalue weighted by molar-refractivity contribution is 0.144. The van der Waals surface area contributed by atoms with Crippen LogP contribution in [0.25, 0.3) is 0 Å². The number of allylic oxidation sites excluding steroid dienone is 1. The van der Waals surface area contributed by atoms with E-state index in [1.165, 1.54) is 16.8 Å². The van der Waals surface area contributed by atoms with Crippen LogP contribution >= 0.6 is 86.8 Å². The molecule has 0 aliphatic carbocycles. The number of anilines is 7. The lowest BCUT2D eigenvalue weighted by Gasteiger charge is -2.35. The molecule has 0 saturated carbocycles. The Hall–Kier alpha value is -8.13. The lowest BCUT2D eigenvalue weighted by Crippen LogP contribution is -2.37. The molecule has 7 aromatic rings. The summed E-state index contributed by atoms with van der Waals surface area (Å²) < 4.78 is 33.1. The maximum Gasteiger partial charge on any atom is 0.193 e. The number of ether oxygens (including phenoxy) is 6. The third kappa shape index (κ3) is 24.3. The van der Waals surface area contributed by atoms with Crippen LogP contribution in [0.2, 0.25) is 0 Å². The standard InChI is InChI=1S/C12H16N2O.2C11H14N2O.C11H14N2.2C10H12N2O.C9H10N2O.7ClH/c1-8-12(2,3)15-11-5-4-9(7-13)6-10(11)14-8;1-8-7-14-11-4-3-9(6-12)5-10(11)13(8)2;1-7-8(2)14-11-4-3-9(6-12)5-10(11)13-7;1-8-2-4-10-5-3-9(7-12)6-11(10)13-8;1-7-12(2)9-5-8(6-11)3-4-10(9)13-7;1-7-6-13-10-3-2-8(5-11)4-9(10)12-7;1-6-11-8-4-7(5-10)2-3-9(8)12-6;;;;;;;/h4-6,14H,1,7,13H2,2-3H3;3-5H,1,6-7,12H2,2H3;3-5,8,13H,1,6,12H2,2H3;3,5-6,13H,1-2,4,7,12H2;3-5H,1,6,11H2,2H3;2-4,12H,1,5-6,11H2;2-4,11H,1,5,10H2;7*1H. The smallest absolute Gasteiger partial charge is 0.193 e. The molecule has 1 unspecified atom stereocenters. The number of likely N-dealkylation sites (N-methyl/N-ethyl adjacent to an activating group) is 1. The van der Waals surface area contributed by atoms with Crippen LogP contribution in [-0.2, 0) is 52.2 Å². The van der Waals surface area contributed by atoms with Crippen LogP contribution in [0.15, 0.2) is 214 Å². The van der Waals surface area contributed by atoms with E-state index in [9.17, 15) is 0 Å². The molecule has 1 atom stereocenters. The predicted octanol–water partition coefficient (Wildman–Crippen LogP) is 14.9. The van der Waals surface area contributed by atoms with Gasteiger partial charge in [-0.15, -0.1) is 86.8 Å². The molecular weight excluding hydrogens is 1430 g/mol. The Morgan fingerprint density at radius 3 is 1.36 bits per heavy atom. The van der Waals surface area contributed by atoms with Crippen LogP contribution in [0.1, 0.15) is 71.7 Å². The monoisotopic (exact) mass is 1520 g/mol. The van der Waals surface area contributed by atoms with Crippen molar-refractivity contribution < 1.29 is 28.4 Å². The second-order valence-corrected chi connectivity index (χ2v) is 23.3. The zero-order valence-electron chi connectivity index (χ0n) is 57.7. The summed E-state index contributed by atoms with van der Waals surface area (Å²) in [6.07, 6.45) is 2.15. The van der Waals surface area contributed by atoms with Gasteiger partial charge < -0.3 is 105 Å². The molecule has 7 aliphatic heterocycles. The molecule has 0 saturated heterocycles. The second-order valence-electron chi connectivity index (χ2n) is 23.3. The topological polar surface area (TPSA) is 304 Å². The van der Waals surface area contributed by atoms with Crippen molar-refractivity contribution in [3.63, 3.8) is 0 Å². The van der Waals surface area contributed by atoms with Crippen LogP contribution < -0.4 is 105 Å². The van der Waals surface area contributed by atoms with Crippen molar-refractivity contribution in [1.82, 2.24) is 0 Å². The van der Waals surface area contributed by atoms with E-state index in [1.807, 2.05) is 154 Å². The van der Waals surface area contributed by atoms with Crippen molar-refractivity contribution >= 4 is 127 Å². The first-order valence-corrected chi connectivity index (χ1v) is 30.9. The summed E-state index contributed by atoms with van der Waals surface area (Å²) >= 11 is 0. The minimum absolute atomic E-state index is 0. The number of rotatable bonds is 7. The molecule has 7 heterocycles. The zero-order valence-corrected chi connectivity index (χ0v) is 63.4. The molecule has 7 aromatic carbocycles. The summed E-state index contributed by atoms with van der Waals surface area (Å²) in [5.74, 6) is 6.37. The van der Waals surface area contributed by atoms with E-state index in [0.717, 1.165) is 143 Å². The molecule has 0 amide bonds. The van der Waals surface area contributed by atoms with E-state index in [2.05, 4.69) is 90.8 Å². The van der Waals surface area contributed by atoms with Crippen molar-refractivity contribution in [2.45, 2.75) is 91.1 Å². The number of nitrogens with zero attached hydrogens (tertiary/aromatic N) is 2. The van der Waals surface area contributed by atoms with Gasteiger partial charge in [0.2, 0.25) is 0 Å². The summed E-state index contributed by atoms with van der Waals surface area (Å²) in [6.45, 7) is 37.8. The lowest BCUT2D eigenvalue weighted by atomic mass is 10.00. The molecule has 550 valence electrons. The van der Waals surface area contributed by atoms with Gasteiger partial charge in [-0.1, -0.05) is 81.4 Å². The normalized spacial score (nSPS) is 14.7. The van der Waals surface area contributed by atoms with Gasteiger partial charge in [0.05, 0.1) is 39.8 Å². The van der Waals surface area contributed by atoms with Gasteiger partial charge in [-0.05, 0) is 170 Å². The number of nitrogens with two attached hydrogens (primary N) is 7. The average molecular weight is 1530 g/mol. The maximum atomic E-state index is 5.83. The molecule has 14 rings (SSSR count). The van der Waals surface area contributed by atoms with Crippen LogP contribution in [0.5, 0.6) is 34.5 Å². The number of hydrogen-bond acceptors (Lipinski definition) is 20. The predicted molar refractivity (Wildman–Crippen MR) is 435 cm³/mol. The zero-order chi connectivity index (χ0) is 67.8. The first-order chi connectivity index (χ1) is 45.0. The fraction of sp³-hybridized carbons (Fsp3) is 0.243. The number of benzene rings is 7. The highest BCUT2D eigenvalue weighted by molar-refractivity contribution is 5.86. The average Bonchev–Trinajstić information content (AvgIpc) is 0.870. The highest BCUT2D eigenvalue weighted by Crippen LogP contribution is 2.40. The third-order valence-corrected chi connectivity index (χ3v) is 15.9. The van der Waals surface area contributed by atoms with Crippen molar-refractivity contribution in [3.8, 4) is 34.5 Å². The number of fused-ring (bicyclic) bond motifs is 7. The number of aryl methyl sites for hydroxylation is 1. The number of halogens is 7. The Kier molecular flexibility index (Phi) is 38.1. The van der Waals surface area contributed by atoms with E-state index >= 15 is 0 Å². The maximum absolute atomic E-state index is 5.83. The van der Waals surface area contributed by atoms with Gasteiger partial charge in [-0.25, -0.2) is 0 Å². The van der Waals surface area contributed by atoms with Crippen molar-refractivity contribution in [2.75, 3.05) is 63.7 Å². The van der Waals surface area contributed by atoms with Gasteiger partial charge in [0, 0.05) is 88.4 Å². The van der Waals surface area contributed by atoms with Crippen molar-refractivity contribution in [1.29, 1.82) is 0 Å². The van der Waals surface area contributed by atoms with Crippen molar-refractivity contribution in [2.24, 2.45) is 40.1 Å². The number of nitrogens with one attached hydrogen (secondary N) is 5. The van der Waals surface area contributed by atoms with Gasteiger partial charge >= 0.3 is 0 Å². The van der Waals surface area contributed by atoms with Gasteiger partial charge in [0.15, 0.2) is 23.3 Å². The van der Waals surface area contributed by atoms with Gasteiger partial charge in [0.1, 0.15) is 47.9 Å². The third-order valence-electron chi connectivity index (χ3n) is 15.9. The second kappa shape index (κ2) is 42.3. The quantitative estimate of drug-likeness (QED) is 0.0706. The Morgan fingerprint density at radius 2 is 0.822 bits per heavy atom. The van der Waals surface area contributed by atoms with Crippen LogP contribution in [0, 0.1) is 0 Å². The van der Waals surface area contributed by atoms with E-state index in [0.29, 0.717) is 70.8 Å². The van der Waals surface area contributed by atoms with Gasteiger partial charge in [0.25, 0.3) is 0 Å². The van der Waals surface area contributed by atoms with Gasteiger partial charge in [-0.2, -0.15) is 0 Å². The van der Waals surface area contributed by atoms with E-state index in [4.69, 9.17) is 68.6 Å². The summed E-state index contributed by atoms with van der Waals surface area (Å²) in [4.78, 5) is 3.95. The summed E-state index contributed by atoms with van der Waals surface area (Å²) in [7, 11) is 3.92. The highest BCUT2D eigenvalue weighted by atomic mass is 35.5. The minimum atomic E-state index is -0.364.